The van der Waals surface area contributed by atoms with Crippen molar-refractivity contribution in [3.8, 4) is 5.75 Å². The van der Waals surface area contributed by atoms with Gasteiger partial charge in [-0.05, 0) is 17.7 Å². The van der Waals surface area contributed by atoms with Gasteiger partial charge in [0.05, 0.1) is 23.9 Å². The average Bonchev–Trinajstić information content (AvgIpc) is 2.64. The number of aliphatic hydroxyl groups is 1. The fourth-order valence-electron chi connectivity index (χ4n) is 1.45. The summed E-state index contributed by atoms with van der Waals surface area (Å²) in [6.07, 6.45) is 2.42. The molecule has 2 aromatic rings. The molecule has 84 valence electrons. The first-order valence-corrected chi connectivity index (χ1v) is 5.18. The average molecular weight is 239 g/mol. The van der Waals surface area contributed by atoms with Crippen molar-refractivity contribution in [3.05, 3.63) is 47.2 Å². The Labute approximate surface area is 97.7 Å². The Hall–Kier alpha value is -1.52. The summed E-state index contributed by atoms with van der Waals surface area (Å²) in [5, 5.41) is 23.7. The van der Waals surface area contributed by atoms with E-state index >= 15 is 0 Å². The Kier molecular flexibility index (Phi) is 3.12. The molecule has 1 unspecified atom stereocenters. The third-order valence-corrected chi connectivity index (χ3v) is 2.41. The molecular formula is C11H11ClN2O2. The van der Waals surface area contributed by atoms with Crippen molar-refractivity contribution in [1.82, 2.24) is 9.78 Å². The SMILES string of the molecule is Oc1cccc(C(O)Cn2cc(Cl)cn2)c1. The summed E-state index contributed by atoms with van der Waals surface area (Å²) in [6.45, 7) is 0.302. The monoisotopic (exact) mass is 238 g/mol. The van der Waals surface area contributed by atoms with E-state index in [0.717, 1.165) is 0 Å². The van der Waals surface area contributed by atoms with E-state index in [9.17, 15) is 10.2 Å². The Morgan fingerprint density at radius 1 is 1.44 bits per heavy atom. The molecule has 0 bridgehead atoms. The van der Waals surface area contributed by atoms with Crippen LogP contribution >= 0.6 is 11.6 Å². The van der Waals surface area contributed by atoms with E-state index in [2.05, 4.69) is 5.10 Å². The number of nitrogens with zero attached hydrogens (tertiary/aromatic N) is 2. The summed E-state index contributed by atoms with van der Waals surface area (Å²) in [4.78, 5) is 0. The van der Waals surface area contributed by atoms with E-state index in [1.54, 1.807) is 29.1 Å². The minimum atomic E-state index is -0.719. The third kappa shape index (κ3) is 2.53. The predicted octanol–water partition coefficient (Wildman–Crippen LogP) is 1.98. The minimum Gasteiger partial charge on any atom is -0.508 e. The molecule has 0 saturated heterocycles. The van der Waals surface area contributed by atoms with Crippen molar-refractivity contribution in [2.75, 3.05) is 0 Å². The van der Waals surface area contributed by atoms with E-state index in [-0.39, 0.29) is 5.75 Å². The second-order valence-corrected chi connectivity index (χ2v) is 3.93. The van der Waals surface area contributed by atoms with E-state index in [0.29, 0.717) is 17.1 Å². The van der Waals surface area contributed by atoms with Gasteiger partial charge in [-0.3, -0.25) is 4.68 Å². The normalized spacial score (nSPS) is 12.6. The van der Waals surface area contributed by atoms with Crippen molar-refractivity contribution >= 4 is 11.6 Å². The van der Waals surface area contributed by atoms with Crippen LogP contribution in [0.3, 0.4) is 0 Å². The molecule has 0 aliphatic carbocycles. The van der Waals surface area contributed by atoms with Crippen LogP contribution in [-0.4, -0.2) is 20.0 Å². The van der Waals surface area contributed by atoms with E-state index in [4.69, 9.17) is 11.6 Å². The quantitative estimate of drug-likeness (QED) is 0.860. The summed E-state index contributed by atoms with van der Waals surface area (Å²) >= 11 is 5.71. The number of rotatable bonds is 3. The second-order valence-electron chi connectivity index (χ2n) is 3.49. The highest BCUT2D eigenvalue weighted by Gasteiger charge is 2.09. The second kappa shape index (κ2) is 4.55. The predicted molar refractivity (Wildman–Crippen MR) is 60.3 cm³/mol. The fraction of sp³-hybridized carbons (Fsp3) is 0.182. The van der Waals surface area contributed by atoms with Gasteiger partial charge in [-0.25, -0.2) is 0 Å². The molecule has 1 aromatic heterocycles. The first kappa shape index (κ1) is 11.0. The van der Waals surface area contributed by atoms with Gasteiger partial charge in [0.2, 0.25) is 0 Å². The van der Waals surface area contributed by atoms with Crippen molar-refractivity contribution in [1.29, 1.82) is 0 Å². The van der Waals surface area contributed by atoms with Crippen LogP contribution in [0.1, 0.15) is 11.7 Å². The van der Waals surface area contributed by atoms with Crippen molar-refractivity contribution in [2.24, 2.45) is 0 Å². The van der Waals surface area contributed by atoms with Crippen LogP contribution in [0.15, 0.2) is 36.7 Å². The van der Waals surface area contributed by atoms with Crippen LogP contribution in [-0.2, 0) is 6.54 Å². The zero-order valence-corrected chi connectivity index (χ0v) is 9.17. The van der Waals surface area contributed by atoms with Crippen LogP contribution in [0.4, 0.5) is 0 Å². The van der Waals surface area contributed by atoms with E-state index in [1.807, 2.05) is 0 Å². The van der Waals surface area contributed by atoms with Crippen molar-refractivity contribution in [3.63, 3.8) is 0 Å². The Morgan fingerprint density at radius 3 is 2.88 bits per heavy atom. The van der Waals surface area contributed by atoms with Crippen LogP contribution in [0.5, 0.6) is 5.75 Å². The van der Waals surface area contributed by atoms with Crippen LogP contribution < -0.4 is 0 Å². The Morgan fingerprint density at radius 2 is 2.25 bits per heavy atom. The van der Waals surface area contributed by atoms with Gasteiger partial charge in [0.15, 0.2) is 0 Å². The molecule has 1 heterocycles. The number of aromatic hydroxyl groups is 1. The van der Waals surface area contributed by atoms with E-state index < -0.39 is 6.10 Å². The molecule has 0 saturated carbocycles. The zero-order valence-electron chi connectivity index (χ0n) is 8.42. The lowest BCUT2D eigenvalue weighted by Crippen LogP contribution is -2.08. The molecule has 4 nitrogen and oxygen atoms in total. The maximum absolute atomic E-state index is 9.89. The summed E-state index contributed by atoms with van der Waals surface area (Å²) in [5.74, 6) is 0.134. The number of aromatic nitrogens is 2. The van der Waals surface area contributed by atoms with Gasteiger partial charge in [0.25, 0.3) is 0 Å². The summed E-state index contributed by atoms with van der Waals surface area (Å²) in [5.41, 5.74) is 0.645. The lowest BCUT2D eigenvalue weighted by atomic mass is 10.1. The largest absolute Gasteiger partial charge is 0.508 e. The van der Waals surface area contributed by atoms with Gasteiger partial charge in [0, 0.05) is 6.20 Å². The molecule has 2 N–H and O–H groups in total. The van der Waals surface area contributed by atoms with Gasteiger partial charge >= 0.3 is 0 Å². The Balaban J connectivity index is 2.11. The number of aliphatic hydroxyl groups excluding tert-OH is 1. The molecule has 0 radical (unpaired) electrons. The van der Waals surface area contributed by atoms with Gasteiger partial charge < -0.3 is 10.2 Å². The number of halogens is 1. The van der Waals surface area contributed by atoms with Gasteiger partial charge in [-0.1, -0.05) is 23.7 Å². The molecule has 0 aliphatic heterocycles. The number of benzene rings is 1. The highest BCUT2D eigenvalue weighted by molar-refractivity contribution is 6.30. The standard InChI is InChI=1S/C11H11ClN2O2/c12-9-5-13-14(6-9)7-11(16)8-2-1-3-10(15)4-8/h1-6,11,15-16H,7H2. The maximum atomic E-state index is 9.89. The molecule has 16 heavy (non-hydrogen) atoms. The number of phenolic OH excluding ortho intramolecular Hbond substituents is 1. The van der Waals surface area contributed by atoms with Gasteiger partial charge in [-0.15, -0.1) is 0 Å². The van der Waals surface area contributed by atoms with Crippen LogP contribution in [0, 0.1) is 0 Å². The summed E-state index contributed by atoms with van der Waals surface area (Å²) in [7, 11) is 0. The molecule has 0 fully saturated rings. The van der Waals surface area contributed by atoms with E-state index in [1.165, 1.54) is 12.3 Å². The lowest BCUT2D eigenvalue weighted by Gasteiger charge is -2.11. The zero-order chi connectivity index (χ0) is 11.5. The fourth-order valence-corrected chi connectivity index (χ4v) is 1.61. The molecule has 1 atom stereocenters. The van der Waals surface area contributed by atoms with Gasteiger partial charge in [-0.2, -0.15) is 5.10 Å². The van der Waals surface area contributed by atoms with Crippen molar-refractivity contribution in [2.45, 2.75) is 12.6 Å². The molecule has 0 amide bonds. The summed E-state index contributed by atoms with van der Waals surface area (Å²) in [6, 6.07) is 6.51. The number of phenols is 1. The third-order valence-electron chi connectivity index (χ3n) is 2.22. The molecule has 5 heteroatoms. The van der Waals surface area contributed by atoms with Crippen LogP contribution in [0.2, 0.25) is 5.02 Å². The molecule has 0 aliphatic rings. The topological polar surface area (TPSA) is 58.3 Å². The first-order valence-electron chi connectivity index (χ1n) is 4.80. The molecule has 2 rings (SSSR count). The highest BCUT2D eigenvalue weighted by atomic mass is 35.5. The number of hydrogen-bond donors (Lipinski definition) is 2. The highest BCUT2D eigenvalue weighted by Crippen LogP contribution is 2.19. The molecule has 0 spiro atoms. The first-order chi connectivity index (χ1) is 7.65. The maximum Gasteiger partial charge on any atom is 0.115 e. The van der Waals surface area contributed by atoms with Gasteiger partial charge in [0.1, 0.15) is 5.75 Å². The Bertz CT molecular complexity index is 484. The summed E-state index contributed by atoms with van der Waals surface area (Å²) < 4.78 is 1.55. The van der Waals surface area contributed by atoms with Crippen LogP contribution in [0.25, 0.3) is 0 Å². The molecule has 1 aromatic carbocycles. The lowest BCUT2D eigenvalue weighted by molar-refractivity contribution is 0.151. The van der Waals surface area contributed by atoms with Crippen molar-refractivity contribution < 1.29 is 10.2 Å². The smallest absolute Gasteiger partial charge is 0.115 e. The number of hydrogen-bond acceptors (Lipinski definition) is 3. The minimum absolute atomic E-state index is 0.134. The molecular weight excluding hydrogens is 228 g/mol.